The van der Waals surface area contributed by atoms with Gasteiger partial charge in [0.15, 0.2) is 8.32 Å². The van der Waals surface area contributed by atoms with Crippen LogP contribution in [0.15, 0.2) is 0 Å². The molecule has 0 aliphatic rings. The first-order chi connectivity index (χ1) is 3.50. The average molecular weight is 459 g/mol. The van der Waals surface area contributed by atoms with Crippen molar-refractivity contribution in [1.29, 1.82) is 0 Å². The maximum atomic E-state index is 5.34. The molecule has 0 heterocycles. The molecule has 0 aromatic carbocycles. The molecule has 13 heavy (non-hydrogen) atoms. The van der Waals surface area contributed by atoms with Gasteiger partial charge in [0.25, 0.3) is 0 Å². The molecule has 2 nitrogen and oxygen atoms in total. The molecule has 1 radical (unpaired) electrons. The van der Waals surface area contributed by atoms with Crippen molar-refractivity contribution in [2.24, 2.45) is 0 Å². The zero-order chi connectivity index (χ0) is 6.78. The summed E-state index contributed by atoms with van der Waals surface area (Å²) in [4.78, 5) is 0. The largest absolute Gasteiger partial charge is 3.00 e. The van der Waals surface area contributed by atoms with Gasteiger partial charge in [-0.25, -0.2) is 0 Å². The topological polar surface area (TPSA) is 42.7 Å². The standard InChI is InChI=1S/C6H16OSi.2CH3.Ir.H2N.Y/c1-6(2)8(4,5)7-3;;;;;/h6H,1-5H3;2*1H3;;1H2;/q;2*-1;+3;-1;. The molecule has 0 aromatic heterocycles. The van der Waals surface area contributed by atoms with E-state index in [0.717, 1.165) is 5.54 Å². The summed E-state index contributed by atoms with van der Waals surface area (Å²) in [5.41, 5.74) is 0.729. The van der Waals surface area contributed by atoms with Crippen LogP contribution < -0.4 is 0 Å². The van der Waals surface area contributed by atoms with Gasteiger partial charge in [-0.15, -0.1) is 0 Å². The van der Waals surface area contributed by atoms with E-state index in [1.165, 1.54) is 0 Å². The predicted molar refractivity (Wildman–Crippen MR) is 57.7 cm³/mol. The number of hydrogen-bond acceptors (Lipinski definition) is 1. The molecule has 5 heteroatoms. The van der Waals surface area contributed by atoms with E-state index in [0.29, 0.717) is 0 Å². The van der Waals surface area contributed by atoms with E-state index in [1.54, 1.807) is 0 Å². The number of hydrogen-bond donors (Lipinski definition) is 0. The molecular formula is C8H24IrNOSiY. The fourth-order valence-electron chi connectivity index (χ4n) is 0.236. The molecule has 0 unspecified atom stereocenters. The van der Waals surface area contributed by atoms with Crippen molar-refractivity contribution in [3.05, 3.63) is 21.0 Å². The third kappa shape index (κ3) is 16.6. The van der Waals surface area contributed by atoms with Crippen LogP contribution in [0.25, 0.3) is 6.15 Å². The van der Waals surface area contributed by atoms with E-state index in [1.807, 2.05) is 7.11 Å². The van der Waals surface area contributed by atoms with Crippen molar-refractivity contribution in [2.75, 3.05) is 7.11 Å². The predicted octanol–water partition coefficient (Wildman–Crippen LogP) is 3.86. The number of nitrogens with two attached hydrogens (primary N) is 1. The van der Waals surface area contributed by atoms with Gasteiger partial charge < -0.3 is 25.4 Å². The van der Waals surface area contributed by atoms with Gasteiger partial charge in [-0.2, -0.15) is 0 Å². The molecule has 0 aromatic rings. The van der Waals surface area contributed by atoms with Crippen LogP contribution in [0, 0.1) is 14.9 Å². The van der Waals surface area contributed by atoms with Crippen LogP contribution in [0.3, 0.4) is 0 Å². The summed E-state index contributed by atoms with van der Waals surface area (Å²) >= 11 is 0. The second-order valence-electron chi connectivity index (χ2n) is 2.96. The van der Waals surface area contributed by atoms with Crippen molar-refractivity contribution in [1.82, 2.24) is 0 Å². The Kier molecular flexibility index (Phi) is 45.6. The monoisotopic (exact) mass is 460 g/mol. The van der Waals surface area contributed by atoms with Gasteiger partial charge >= 0.3 is 20.1 Å². The van der Waals surface area contributed by atoms with E-state index in [9.17, 15) is 0 Å². The van der Waals surface area contributed by atoms with Crippen molar-refractivity contribution in [3.8, 4) is 0 Å². The molecule has 0 rings (SSSR count). The molecule has 0 spiro atoms. The Morgan fingerprint density at radius 2 is 1.31 bits per heavy atom. The molecule has 0 fully saturated rings. The molecule has 2 N–H and O–H groups in total. The maximum Gasteiger partial charge on any atom is 3.00 e. The first-order valence-electron chi connectivity index (χ1n) is 3.06. The van der Waals surface area contributed by atoms with Crippen molar-refractivity contribution in [3.63, 3.8) is 0 Å². The Labute approximate surface area is 125 Å². The van der Waals surface area contributed by atoms with Crippen LogP contribution in [0.2, 0.25) is 18.6 Å². The Hall–Kier alpha value is 1.89. The minimum atomic E-state index is -1.25. The molecule has 0 aliphatic carbocycles. The maximum absolute atomic E-state index is 5.34. The second-order valence-corrected chi connectivity index (χ2v) is 7.73. The van der Waals surface area contributed by atoms with E-state index >= 15 is 0 Å². The van der Waals surface area contributed by atoms with Crippen LogP contribution in [0.5, 0.6) is 0 Å². The second kappa shape index (κ2) is 16.3. The molecule has 0 atom stereocenters. The smallest absolute Gasteiger partial charge is 0.693 e. The fourth-order valence-corrected chi connectivity index (χ4v) is 0.707. The van der Waals surface area contributed by atoms with Gasteiger partial charge in [-0.05, 0) is 18.6 Å². The first kappa shape index (κ1) is 36.3. The quantitative estimate of drug-likeness (QED) is 0.457. The summed E-state index contributed by atoms with van der Waals surface area (Å²) in [5.74, 6) is 0. The van der Waals surface area contributed by atoms with Gasteiger partial charge in [-0.1, -0.05) is 13.8 Å². The normalized spacial score (nSPS) is 7.85. The third-order valence-corrected chi connectivity index (χ3v) is 5.75. The van der Waals surface area contributed by atoms with E-state index < -0.39 is 8.32 Å². The summed E-state index contributed by atoms with van der Waals surface area (Å²) < 4.78 is 5.34. The fraction of sp³-hybridized carbons (Fsp3) is 0.750. The van der Waals surface area contributed by atoms with Crippen molar-refractivity contribution >= 4 is 8.32 Å². The molecular weight excluding hydrogens is 435 g/mol. The molecule has 0 aliphatic heterocycles. The zero-order valence-corrected chi connectivity index (χ0v) is 16.2. The first-order valence-corrected chi connectivity index (χ1v) is 6.04. The number of rotatable bonds is 2. The van der Waals surface area contributed by atoms with Gasteiger partial charge in [0.2, 0.25) is 0 Å². The summed E-state index contributed by atoms with van der Waals surface area (Å²) in [6, 6.07) is 0. The summed E-state index contributed by atoms with van der Waals surface area (Å²) in [6.45, 7) is 8.90. The van der Waals surface area contributed by atoms with Gasteiger partial charge in [-0.3, -0.25) is 0 Å². The van der Waals surface area contributed by atoms with Crippen LogP contribution in [-0.2, 0) is 57.2 Å². The summed E-state index contributed by atoms with van der Waals surface area (Å²) in [6.07, 6.45) is 0. The average Bonchev–Trinajstić information content (AvgIpc) is 1.67. The Balaban J connectivity index is -0.0000000245. The van der Waals surface area contributed by atoms with E-state index in [-0.39, 0.29) is 73.8 Å². The zero-order valence-electron chi connectivity index (χ0n) is 9.97. The van der Waals surface area contributed by atoms with Gasteiger partial charge in [0.1, 0.15) is 0 Å². The minimum Gasteiger partial charge on any atom is -0.693 e. The van der Waals surface area contributed by atoms with Crippen LogP contribution in [0.4, 0.5) is 0 Å². The van der Waals surface area contributed by atoms with Crippen LogP contribution >= 0.6 is 0 Å². The van der Waals surface area contributed by atoms with Crippen molar-refractivity contribution in [2.45, 2.75) is 32.5 Å². The summed E-state index contributed by atoms with van der Waals surface area (Å²) in [7, 11) is 0.557. The van der Waals surface area contributed by atoms with Crippen molar-refractivity contribution < 1.29 is 57.2 Å². The third-order valence-electron chi connectivity index (χ3n) is 1.92. The molecule has 83 valence electrons. The minimum absolute atomic E-state index is 0. The molecule has 0 bridgehead atoms. The SMILES string of the molecule is CO[Si](C)(C)C(C)C.[CH3-].[CH3-].[Ir+3].[NH2-].[Y]. The Morgan fingerprint density at radius 3 is 1.31 bits per heavy atom. The van der Waals surface area contributed by atoms with E-state index in [4.69, 9.17) is 4.43 Å². The van der Waals surface area contributed by atoms with Crippen LogP contribution in [-0.4, -0.2) is 15.4 Å². The molecule has 0 saturated carbocycles. The molecule has 0 amide bonds. The Bertz CT molecular complexity index is 84.5. The summed E-state index contributed by atoms with van der Waals surface area (Å²) in [5, 5.41) is 0. The van der Waals surface area contributed by atoms with Gasteiger partial charge in [0, 0.05) is 39.8 Å². The van der Waals surface area contributed by atoms with E-state index in [2.05, 4.69) is 26.9 Å². The van der Waals surface area contributed by atoms with Gasteiger partial charge in [0.05, 0.1) is 0 Å². The van der Waals surface area contributed by atoms with Crippen LogP contribution in [0.1, 0.15) is 13.8 Å². The molecule has 0 saturated heterocycles. The Morgan fingerprint density at radius 1 is 1.08 bits per heavy atom.